The Kier molecular flexibility index (Phi) is 14.4. The Morgan fingerprint density at radius 3 is 2.08 bits per heavy atom. The number of benzene rings is 3. The molecule has 1 saturated heterocycles. The molecule has 3 aromatic rings. The average Bonchev–Trinajstić information content (AvgIpc) is 2.98. The van der Waals surface area contributed by atoms with E-state index < -0.39 is 0 Å². The molecule has 7 heteroatoms. The average molecular weight is 533 g/mol. The van der Waals surface area contributed by atoms with Gasteiger partial charge >= 0.3 is 0 Å². The molecule has 0 aliphatic carbocycles. The van der Waals surface area contributed by atoms with Gasteiger partial charge in [0.2, 0.25) is 0 Å². The maximum atomic E-state index is 9.56. The van der Waals surface area contributed by atoms with Gasteiger partial charge in [-0.1, -0.05) is 55.8 Å². The van der Waals surface area contributed by atoms with Crippen LogP contribution in [-0.2, 0) is 11.2 Å². The first-order chi connectivity index (χ1) is 18.6. The first-order valence-electron chi connectivity index (χ1n) is 13.0. The molecule has 6 nitrogen and oxygen atoms in total. The lowest BCUT2D eigenvalue weighted by molar-refractivity contribution is 0.146. The maximum absolute atomic E-state index is 9.56. The molecule has 1 aliphatic heterocycles. The Bertz CT molecular complexity index is 1150. The summed E-state index contributed by atoms with van der Waals surface area (Å²) in [6, 6.07) is 27.4. The fourth-order valence-electron chi connectivity index (χ4n) is 3.87. The third-order valence-electron chi connectivity index (χ3n) is 5.89. The normalized spacial score (nSPS) is 12.6. The zero-order valence-corrected chi connectivity index (χ0v) is 23.3. The number of methoxy groups -OCH3 is 1. The van der Waals surface area contributed by atoms with Crippen LogP contribution in [0.3, 0.4) is 0 Å². The second kappa shape index (κ2) is 17.8. The van der Waals surface area contributed by atoms with Crippen LogP contribution in [0.5, 0.6) is 5.75 Å². The van der Waals surface area contributed by atoms with Gasteiger partial charge in [0.1, 0.15) is 18.4 Å². The van der Waals surface area contributed by atoms with Crippen molar-refractivity contribution in [1.29, 1.82) is 10.5 Å². The molecule has 0 N–H and O–H groups in total. The highest BCUT2D eigenvalue weighted by Gasteiger charge is 2.19. The van der Waals surface area contributed by atoms with E-state index in [0.717, 1.165) is 49.9 Å². The van der Waals surface area contributed by atoms with Crippen molar-refractivity contribution in [2.24, 2.45) is 0 Å². The molecule has 38 heavy (non-hydrogen) atoms. The van der Waals surface area contributed by atoms with E-state index in [1.54, 1.807) is 7.11 Å². The second-order valence-electron chi connectivity index (χ2n) is 8.32. The zero-order valence-electron chi connectivity index (χ0n) is 22.6. The molecule has 3 aromatic carbocycles. The van der Waals surface area contributed by atoms with Crippen LogP contribution in [0.1, 0.15) is 30.5 Å². The highest BCUT2D eigenvalue weighted by atomic mass is 35.5. The van der Waals surface area contributed by atoms with E-state index in [1.165, 1.54) is 5.56 Å². The summed E-state index contributed by atoms with van der Waals surface area (Å²) < 4.78 is 10.6. The minimum absolute atomic E-state index is 0.471. The second-order valence-corrected chi connectivity index (χ2v) is 8.75. The van der Waals surface area contributed by atoms with Crippen molar-refractivity contribution < 1.29 is 9.47 Å². The number of hydrogen-bond acceptors (Lipinski definition) is 6. The molecule has 0 spiro atoms. The highest BCUT2D eigenvalue weighted by Crippen LogP contribution is 2.26. The Morgan fingerprint density at radius 1 is 0.842 bits per heavy atom. The predicted octanol–water partition coefficient (Wildman–Crippen LogP) is 6.19. The number of rotatable bonds is 8. The molecule has 0 atom stereocenters. The molecule has 200 valence electrons. The number of nitrogens with zero attached hydrogens (tertiary/aromatic N) is 4. The van der Waals surface area contributed by atoms with Gasteiger partial charge in [0.25, 0.3) is 0 Å². The summed E-state index contributed by atoms with van der Waals surface area (Å²) in [4.78, 5) is 4.72. The maximum Gasteiger partial charge on any atom is 0.120 e. The van der Waals surface area contributed by atoms with Gasteiger partial charge in [-0.3, -0.25) is 4.90 Å². The molecule has 0 amide bonds. The molecule has 1 heterocycles. The number of hydrogen-bond donors (Lipinski definition) is 0. The minimum atomic E-state index is 0.471. The molecular weight excluding hydrogens is 496 g/mol. The monoisotopic (exact) mass is 532 g/mol. The lowest BCUT2D eigenvalue weighted by Crippen LogP contribution is -2.47. The summed E-state index contributed by atoms with van der Waals surface area (Å²) in [5, 5.41) is 19.2. The molecule has 0 radical (unpaired) electrons. The summed E-state index contributed by atoms with van der Waals surface area (Å²) in [5.74, 6) is 0.698. The molecule has 0 aromatic heterocycles. The van der Waals surface area contributed by atoms with Gasteiger partial charge in [0, 0.05) is 44.9 Å². The van der Waals surface area contributed by atoms with Gasteiger partial charge < -0.3 is 14.4 Å². The number of halogens is 1. The smallest absolute Gasteiger partial charge is 0.120 e. The predicted molar refractivity (Wildman–Crippen MR) is 155 cm³/mol. The topological polar surface area (TPSA) is 72.5 Å². The van der Waals surface area contributed by atoms with Crippen molar-refractivity contribution in [2.45, 2.75) is 20.3 Å². The first-order valence-corrected chi connectivity index (χ1v) is 13.3. The van der Waals surface area contributed by atoms with Crippen LogP contribution < -0.4 is 9.64 Å². The van der Waals surface area contributed by atoms with Crippen LogP contribution in [-0.4, -0.2) is 57.9 Å². The van der Waals surface area contributed by atoms with Crippen molar-refractivity contribution in [3.05, 3.63) is 94.5 Å². The fraction of sp³-hybridized carbons (Fsp3) is 0.355. The van der Waals surface area contributed by atoms with E-state index in [2.05, 4.69) is 21.9 Å². The lowest BCUT2D eigenvalue weighted by atomic mass is 10.1. The summed E-state index contributed by atoms with van der Waals surface area (Å²) in [6.45, 7) is 9.71. The molecule has 0 bridgehead atoms. The SMILES string of the molecule is CC.COCCOc1ccc(N2CCN(CCc3ccc(C#N)cc3)CC2)c(C#N)c1.Clc1ccccc1. The van der Waals surface area contributed by atoms with Crippen molar-refractivity contribution in [1.82, 2.24) is 4.90 Å². The molecular formula is C31H37ClN4O2. The van der Waals surface area contributed by atoms with Gasteiger partial charge in [-0.05, 0) is 54.4 Å². The summed E-state index contributed by atoms with van der Waals surface area (Å²) in [6.07, 6.45) is 0.975. The van der Waals surface area contributed by atoms with Crippen molar-refractivity contribution in [3.63, 3.8) is 0 Å². The van der Waals surface area contributed by atoms with E-state index in [1.807, 2.05) is 86.6 Å². The molecule has 1 aliphatic rings. The van der Waals surface area contributed by atoms with E-state index >= 15 is 0 Å². The van der Waals surface area contributed by atoms with Gasteiger partial charge in [-0.25, -0.2) is 0 Å². The molecule has 0 unspecified atom stereocenters. The van der Waals surface area contributed by atoms with Gasteiger partial charge in [0.15, 0.2) is 0 Å². The largest absolute Gasteiger partial charge is 0.491 e. The Morgan fingerprint density at radius 2 is 1.53 bits per heavy atom. The lowest BCUT2D eigenvalue weighted by Gasteiger charge is -2.36. The molecule has 1 fully saturated rings. The molecule has 0 saturated carbocycles. The van der Waals surface area contributed by atoms with Crippen LogP contribution in [0, 0.1) is 22.7 Å². The van der Waals surface area contributed by atoms with Crippen molar-refractivity contribution in [2.75, 3.05) is 57.9 Å². The third kappa shape index (κ3) is 10.4. The van der Waals surface area contributed by atoms with Crippen LogP contribution in [0.25, 0.3) is 0 Å². The van der Waals surface area contributed by atoms with E-state index in [0.29, 0.717) is 30.1 Å². The zero-order chi connectivity index (χ0) is 27.6. The van der Waals surface area contributed by atoms with Gasteiger partial charge in [-0.2, -0.15) is 10.5 Å². The quantitative estimate of drug-likeness (QED) is 0.322. The van der Waals surface area contributed by atoms with Crippen molar-refractivity contribution >= 4 is 17.3 Å². The van der Waals surface area contributed by atoms with Crippen LogP contribution >= 0.6 is 11.6 Å². The van der Waals surface area contributed by atoms with Crippen LogP contribution in [0.4, 0.5) is 5.69 Å². The Labute approximate surface area is 232 Å². The number of anilines is 1. The van der Waals surface area contributed by atoms with E-state index in [-0.39, 0.29) is 0 Å². The summed E-state index contributed by atoms with van der Waals surface area (Å²) >= 11 is 5.54. The summed E-state index contributed by atoms with van der Waals surface area (Å²) in [7, 11) is 1.64. The number of nitriles is 2. The first kappa shape index (κ1) is 30.7. The number of ether oxygens (including phenoxy) is 2. The highest BCUT2D eigenvalue weighted by molar-refractivity contribution is 6.30. The van der Waals surface area contributed by atoms with Gasteiger partial charge in [0.05, 0.1) is 29.5 Å². The summed E-state index contributed by atoms with van der Waals surface area (Å²) in [5.41, 5.74) is 3.57. The molecule has 4 rings (SSSR count). The Hall–Kier alpha value is -3.55. The van der Waals surface area contributed by atoms with Crippen LogP contribution in [0.15, 0.2) is 72.8 Å². The van der Waals surface area contributed by atoms with Gasteiger partial charge in [-0.15, -0.1) is 0 Å². The van der Waals surface area contributed by atoms with E-state index in [9.17, 15) is 5.26 Å². The standard InChI is InChI=1S/C23H26N4O2.C6H5Cl.C2H6/c1-28-14-15-29-22-6-7-23(21(16-22)18-25)27-12-10-26(11-13-27)9-8-19-2-4-20(17-24)5-3-19;7-6-4-2-1-3-5-6;1-2/h2-7,16H,8-15H2,1H3;1-5H;1-2H3. The van der Waals surface area contributed by atoms with E-state index in [4.69, 9.17) is 26.3 Å². The van der Waals surface area contributed by atoms with Crippen molar-refractivity contribution in [3.8, 4) is 17.9 Å². The third-order valence-corrected chi connectivity index (χ3v) is 6.14. The van der Waals surface area contributed by atoms with Crippen LogP contribution in [0.2, 0.25) is 5.02 Å². The fourth-order valence-corrected chi connectivity index (χ4v) is 4.02. The minimum Gasteiger partial charge on any atom is -0.491 e. The number of piperazine rings is 1. The Balaban J connectivity index is 0.000000481.